The number of amides is 1. The lowest BCUT2D eigenvalue weighted by molar-refractivity contribution is -0.121. The van der Waals surface area contributed by atoms with E-state index in [1.54, 1.807) is 30.3 Å². The van der Waals surface area contributed by atoms with Crippen LogP contribution in [-0.4, -0.2) is 30.0 Å². The maximum Gasteiger partial charge on any atom is 0.339 e. The van der Waals surface area contributed by atoms with Gasteiger partial charge in [-0.25, -0.2) is 14.2 Å². The van der Waals surface area contributed by atoms with Crippen molar-refractivity contribution in [3.05, 3.63) is 83.5 Å². The Kier molecular flexibility index (Phi) is 6.72. The predicted molar refractivity (Wildman–Crippen MR) is 124 cm³/mol. The van der Waals surface area contributed by atoms with E-state index in [-0.39, 0.29) is 24.2 Å². The fraction of sp³-hybridized carbons (Fsp3) is 0.120. The molecule has 0 N–H and O–H groups in total. The minimum Gasteiger partial charge on any atom is -0.452 e. The van der Waals surface area contributed by atoms with Gasteiger partial charge in [0, 0.05) is 11.9 Å². The molecular formula is C25H18FN3O3S. The Labute approximate surface area is 193 Å². The number of anilines is 1. The van der Waals surface area contributed by atoms with Gasteiger partial charge in [0.2, 0.25) is 0 Å². The normalized spacial score (nSPS) is 10.5. The number of thiophene rings is 1. The number of hydrogen-bond donors (Lipinski definition) is 0. The number of carbonyl (C=O) groups is 2. The van der Waals surface area contributed by atoms with Crippen LogP contribution >= 0.6 is 11.3 Å². The van der Waals surface area contributed by atoms with Gasteiger partial charge in [-0.05, 0) is 35.7 Å². The fourth-order valence-corrected chi connectivity index (χ4v) is 4.08. The first kappa shape index (κ1) is 22.1. The molecule has 164 valence electrons. The molecule has 6 nitrogen and oxygen atoms in total. The smallest absolute Gasteiger partial charge is 0.339 e. The molecule has 4 rings (SSSR count). The first-order valence-corrected chi connectivity index (χ1v) is 11.0. The number of nitrogens with zero attached hydrogens (tertiary/aromatic N) is 3. The number of nitriles is 1. The highest BCUT2D eigenvalue weighted by Crippen LogP contribution is 2.28. The van der Waals surface area contributed by atoms with E-state index in [2.05, 4.69) is 4.98 Å². The van der Waals surface area contributed by atoms with Crippen LogP contribution in [0.2, 0.25) is 0 Å². The number of benzene rings is 2. The summed E-state index contributed by atoms with van der Waals surface area (Å²) in [5, 5.41) is 11.4. The molecule has 0 aliphatic carbocycles. The van der Waals surface area contributed by atoms with Crippen molar-refractivity contribution in [2.45, 2.75) is 6.42 Å². The van der Waals surface area contributed by atoms with Crippen molar-refractivity contribution in [3.8, 4) is 16.6 Å². The van der Waals surface area contributed by atoms with E-state index in [4.69, 9.17) is 10.00 Å². The summed E-state index contributed by atoms with van der Waals surface area (Å²) in [5.74, 6) is -1.91. The number of para-hydroxylation sites is 2. The summed E-state index contributed by atoms with van der Waals surface area (Å²) < 4.78 is 19.6. The molecule has 0 saturated carbocycles. The van der Waals surface area contributed by atoms with Crippen molar-refractivity contribution in [3.63, 3.8) is 0 Å². The molecule has 0 radical (unpaired) electrons. The third kappa shape index (κ3) is 4.89. The summed E-state index contributed by atoms with van der Waals surface area (Å²) in [5.41, 5.74) is 1.57. The number of aromatic nitrogens is 1. The first-order valence-electron chi connectivity index (χ1n) is 10.1. The molecule has 2 aromatic carbocycles. The summed E-state index contributed by atoms with van der Waals surface area (Å²) in [4.78, 5) is 32.4. The van der Waals surface area contributed by atoms with Crippen LogP contribution in [0.1, 0.15) is 16.8 Å². The van der Waals surface area contributed by atoms with Crippen molar-refractivity contribution < 1.29 is 18.7 Å². The van der Waals surface area contributed by atoms with Crippen molar-refractivity contribution >= 4 is 39.8 Å². The van der Waals surface area contributed by atoms with Gasteiger partial charge in [0.25, 0.3) is 5.91 Å². The quantitative estimate of drug-likeness (QED) is 0.355. The van der Waals surface area contributed by atoms with Crippen LogP contribution in [0.5, 0.6) is 0 Å². The average Bonchev–Trinajstić information content (AvgIpc) is 3.38. The van der Waals surface area contributed by atoms with Crippen molar-refractivity contribution in [1.82, 2.24) is 4.98 Å². The summed E-state index contributed by atoms with van der Waals surface area (Å²) in [6, 6.07) is 20.3. The lowest BCUT2D eigenvalue weighted by Gasteiger charge is -2.22. The molecule has 33 heavy (non-hydrogen) atoms. The van der Waals surface area contributed by atoms with Gasteiger partial charge in [-0.15, -0.1) is 11.3 Å². The molecule has 2 heterocycles. The molecule has 1 amide bonds. The Morgan fingerprint density at radius 3 is 2.64 bits per heavy atom. The summed E-state index contributed by atoms with van der Waals surface area (Å²) >= 11 is 1.50. The number of ether oxygens (including phenoxy) is 1. The minimum atomic E-state index is -0.687. The van der Waals surface area contributed by atoms with Gasteiger partial charge in [-0.1, -0.05) is 36.4 Å². The summed E-state index contributed by atoms with van der Waals surface area (Å²) in [6.07, 6.45) is 0.00713. The molecule has 4 aromatic rings. The predicted octanol–water partition coefficient (Wildman–Crippen LogP) is 5.21. The fourth-order valence-electron chi connectivity index (χ4n) is 3.39. The second-order valence-corrected chi connectivity index (χ2v) is 7.98. The molecule has 2 aromatic heterocycles. The van der Waals surface area contributed by atoms with Crippen molar-refractivity contribution in [2.24, 2.45) is 0 Å². The lowest BCUT2D eigenvalue weighted by atomic mass is 10.1. The van der Waals surface area contributed by atoms with Gasteiger partial charge < -0.3 is 9.64 Å². The van der Waals surface area contributed by atoms with Gasteiger partial charge in [-0.2, -0.15) is 5.26 Å². The van der Waals surface area contributed by atoms with E-state index < -0.39 is 24.3 Å². The first-order chi connectivity index (χ1) is 16.1. The Morgan fingerprint density at radius 2 is 1.88 bits per heavy atom. The Bertz CT molecular complexity index is 1350. The number of hydrogen-bond acceptors (Lipinski definition) is 6. The van der Waals surface area contributed by atoms with E-state index in [1.165, 1.54) is 29.5 Å². The molecule has 0 atom stereocenters. The van der Waals surface area contributed by atoms with Crippen LogP contribution in [-0.2, 0) is 9.53 Å². The van der Waals surface area contributed by atoms with Crippen LogP contribution < -0.4 is 4.90 Å². The van der Waals surface area contributed by atoms with E-state index in [1.807, 2.05) is 29.6 Å². The average molecular weight is 460 g/mol. The topological polar surface area (TPSA) is 83.3 Å². The van der Waals surface area contributed by atoms with Crippen LogP contribution in [0, 0.1) is 17.1 Å². The molecule has 0 spiro atoms. The zero-order chi connectivity index (χ0) is 23.2. The lowest BCUT2D eigenvalue weighted by Crippen LogP contribution is -2.36. The molecular weight excluding hydrogens is 441 g/mol. The SMILES string of the molecule is N#CCCN(C(=O)COC(=O)c1cc(-c2cccs2)nc2ccccc12)c1ccccc1F. The van der Waals surface area contributed by atoms with E-state index in [0.29, 0.717) is 16.6 Å². The van der Waals surface area contributed by atoms with Crippen molar-refractivity contribution in [2.75, 3.05) is 18.1 Å². The zero-order valence-corrected chi connectivity index (χ0v) is 18.2. The number of halogens is 1. The standard InChI is InChI=1S/C25H18FN3O3S/c26-19-8-2-4-10-22(19)29(13-6-12-27)24(30)16-32-25(31)18-15-21(23-11-5-14-33-23)28-20-9-3-1-7-17(18)20/h1-5,7-11,14-15H,6,13,16H2. The number of pyridine rings is 1. The second kappa shape index (κ2) is 10.0. The molecule has 0 aliphatic heterocycles. The molecule has 0 fully saturated rings. The summed E-state index contributed by atoms with van der Waals surface area (Å²) in [6.45, 7) is -0.613. The molecule has 0 bridgehead atoms. The molecule has 0 unspecified atom stereocenters. The maximum atomic E-state index is 14.3. The van der Waals surface area contributed by atoms with Gasteiger partial charge >= 0.3 is 5.97 Å². The van der Waals surface area contributed by atoms with E-state index in [0.717, 1.165) is 9.78 Å². The molecule has 8 heteroatoms. The largest absolute Gasteiger partial charge is 0.452 e. The maximum absolute atomic E-state index is 14.3. The molecule has 0 aliphatic rings. The van der Waals surface area contributed by atoms with Gasteiger partial charge in [-0.3, -0.25) is 4.79 Å². The molecule has 0 saturated heterocycles. The Hall–Kier alpha value is -4.09. The van der Waals surface area contributed by atoms with Crippen LogP contribution in [0.3, 0.4) is 0 Å². The third-order valence-corrected chi connectivity index (χ3v) is 5.82. The van der Waals surface area contributed by atoms with E-state index in [9.17, 15) is 14.0 Å². The minimum absolute atomic E-state index is 0.00713. The highest BCUT2D eigenvalue weighted by molar-refractivity contribution is 7.13. The van der Waals surface area contributed by atoms with Gasteiger partial charge in [0.15, 0.2) is 6.61 Å². The number of rotatable bonds is 7. The van der Waals surface area contributed by atoms with Gasteiger partial charge in [0.1, 0.15) is 5.82 Å². The van der Waals surface area contributed by atoms with Crippen LogP contribution in [0.25, 0.3) is 21.5 Å². The van der Waals surface area contributed by atoms with Crippen molar-refractivity contribution in [1.29, 1.82) is 5.26 Å². The second-order valence-electron chi connectivity index (χ2n) is 7.03. The number of carbonyl (C=O) groups excluding carboxylic acids is 2. The van der Waals surface area contributed by atoms with Crippen LogP contribution in [0.4, 0.5) is 10.1 Å². The Balaban J connectivity index is 1.58. The van der Waals surface area contributed by atoms with Crippen LogP contribution in [0.15, 0.2) is 72.1 Å². The monoisotopic (exact) mass is 459 g/mol. The Morgan fingerprint density at radius 1 is 1.09 bits per heavy atom. The zero-order valence-electron chi connectivity index (χ0n) is 17.4. The highest BCUT2D eigenvalue weighted by Gasteiger charge is 2.22. The number of fused-ring (bicyclic) bond motifs is 1. The number of esters is 1. The highest BCUT2D eigenvalue weighted by atomic mass is 32.1. The third-order valence-electron chi connectivity index (χ3n) is 4.93. The summed E-state index contributed by atoms with van der Waals surface area (Å²) in [7, 11) is 0. The van der Waals surface area contributed by atoms with E-state index >= 15 is 0 Å². The van der Waals surface area contributed by atoms with Gasteiger partial charge in [0.05, 0.1) is 39.8 Å².